The number of benzene rings is 1. The first-order chi connectivity index (χ1) is 8.13. The molecule has 5 heteroatoms. The average Bonchev–Trinajstić information content (AvgIpc) is 2.36. The van der Waals surface area contributed by atoms with Crippen molar-refractivity contribution in [3.8, 4) is 0 Å². The van der Waals surface area contributed by atoms with Gasteiger partial charge in [0.2, 0.25) is 5.96 Å². The summed E-state index contributed by atoms with van der Waals surface area (Å²) in [6.07, 6.45) is 2.07. The van der Waals surface area contributed by atoms with Gasteiger partial charge in [-0.3, -0.25) is 4.99 Å². The Morgan fingerprint density at radius 3 is 2.39 bits per heavy atom. The molecule has 18 heavy (non-hydrogen) atoms. The Morgan fingerprint density at radius 2 is 1.83 bits per heavy atom. The summed E-state index contributed by atoms with van der Waals surface area (Å²) in [7, 11) is 1.61. The molecule has 0 unspecified atom stereocenters. The lowest BCUT2D eigenvalue weighted by Gasteiger charge is -2.02. The average molecular weight is 267 g/mol. The van der Waals surface area contributed by atoms with Gasteiger partial charge in [0.25, 0.3) is 0 Å². The highest BCUT2D eigenvalue weighted by Crippen LogP contribution is 2.07. The summed E-state index contributed by atoms with van der Waals surface area (Å²) in [5.41, 5.74) is 11.3. The minimum atomic E-state index is 0. The summed E-state index contributed by atoms with van der Waals surface area (Å²) in [6.45, 7) is 3.93. The van der Waals surface area contributed by atoms with E-state index in [9.17, 15) is 0 Å². The molecular weight excluding hydrogens is 248 g/mol. The standard InChI is InChI=1S/C13H18N4.ClH/c1-10(9-12-7-5-4-6-8-12)11(2)16-17-13(14)15-3;/h4-9H,1-3H3,(H3,14,15,17);1H/b10-9+,16-11+;. The Hall–Kier alpha value is -1.81. The van der Waals surface area contributed by atoms with Gasteiger partial charge in [0.05, 0.1) is 5.71 Å². The summed E-state index contributed by atoms with van der Waals surface area (Å²) in [5.74, 6) is 0.303. The second-order valence-corrected chi connectivity index (χ2v) is 3.66. The van der Waals surface area contributed by atoms with E-state index < -0.39 is 0 Å². The van der Waals surface area contributed by atoms with Gasteiger partial charge in [-0.2, -0.15) is 5.10 Å². The van der Waals surface area contributed by atoms with Crippen LogP contribution in [0.2, 0.25) is 0 Å². The molecule has 0 bridgehead atoms. The predicted octanol–water partition coefficient (Wildman–Crippen LogP) is 2.42. The van der Waals surface area contributed by atoms with Crippen molar-refractivity contribution < 1.29 is 0 Å². The molecule has 0 amide bonds. The molecule has 0 spiro atoms. The fraction of sp³-hybridized carbons (Fsp3) is 0.231. The van der Waals surface area contributed by atoms with E-state index in [-0.39, 0.29) is 12.4 Å². The van der Waals surface area contributed by atoms with E-state index in [2.05, 4.69) is 21.6 Å². The highest BCUT2D eigenvalue weighted by molar-refractivity contribution is 6.01. The molecule has 0 fully saturated rings. The Kier molecular flexibility index (Phi) is 7.47. The fourth-order valence-electron chi connectivity index (χ4n) is 1.18. The largest absolute Gasteiger partial charge is 0.369 e. The first-order valence-corrected chi connectivity index (χ1v) is 5.39. The molecule has 1 aromatic rings. The number of nitrogens with zero attached hydrogens (tertiary/aromatic N) is 2. The highest BCUT2D eigenvalue weighted by Gasteiger charge is 1.96. The first-order valence-electron chi connectivity index (χ1n) is 5.39. The van der Waals surface area contributed by atoms with Gasteiger partial charge in [-0.25, -0.2) is 5.43 Å². The number of aliphatic imine (C=N–C) groups is 1. The first kappa shape index (κ1) is 16.2. The van der Waals surface area contributed by atoms with Gasteiger partial charge in [0.15, 0.2) is 0 Å². The molecule has 1 rings (SSSR count). The van der Waals surface area contributed by atoms with Crippen molar-refractivity contribution in [2.75, 3.05) is 7.05 Å². The lowest BCUT2D eigenvalue weighted by atomic mass is 10.1. The molecule has 1 aromatic carbocycles. The van der Waals surface area contributed by atoms with E-state index in [4.69, 9.17) is 5.73 Å². The van der Waals surface area contributed by atoms with Crippen LogP contribution in [0.3, 0.4) is 0 Å². The number of allylic oxidation sites excluding steroid dienone is 1. The molecule has 0 saturated carbocycles. The number of hydrogen-bond acceptors (Lipinski definition) is 2. The van der Waals surface area contributed by atoms with E-state index in [0.29, 0.717) is 5.96 Å². The van der Waals surface area contributed by atoms with Crippen LogP contribution < -0.4 is 11.2 Å². The van der Waals surface area contributed by atoms with Crippen molar-refractivity contribution >= 4 is 30.2 Å². The van der Waals surface area contributed by atoms with Gasteiger partial charge in [-0.05, 0) is 25.0 Å². The van der Waals surface area contributed by atoms with Crippen LogP contribution in [0.1, 0.15) is 19.4 Å². The van der Waals surface area contributed by atoms with Gasteiger partial charge < -0.3 is 5.73 Å². The Labute approximate surface area is 114 Å². The van der Waals surface area contributed by atoms with Crippen molar-refractivity contribution in [1.82, 2.24) is 5.43 Å². The molecule has 4 nitrogen and oxygen atoms in total. The number of nitrogens with two attached hydrogens (primary N) is 1. The molecule has 0 aliphatic carbocycles. The number of rotatable bonds is 3. The van der Waals surface area contributed by atoms with Crippen LogP contribution in [0.4, 0.5) is 0 Å². The van der Waals surface area contributed by atoms with Crippen LogP contribution in [0, 0.1) is 0 Å². The van der Waals surface area contributed by atoms with Crippen LogP contribution in [-0.2, 0) is 0 Å². The fourth-order valence-corrected chi connectivity index (χ4v) is 1.18. The van der Waals surface area contributed by atoms with E-state index in [1.165, 1.54) is 0 Å². The number of hydrazone groups is 1. The maximum Gasteiger partial charge on any atom is 0.209 e. The van der Waals surface area contributed by atoms with Gasteiger partial charge in [0, 0.05) is 7.05 Å². The Balaban J connectivity index is 0.00000289. The van der Waals surface area contributed by atoms with Gasteiger partial charge >= 0.3 is 0 Å². The third-order valence-corrected chi connectivity index (χ3v) is 2.33. The molecule has 0 aliphatic rings. The van der Waals surface area contributed by atoms with E-state index in [1.807, 2.05) is 44.2 Å². The SMILES string of the molecule is CN=C(N)N/N=C(C)/C(C)=C/c1ccccc1.Cl. The molecule has 0 radical (unpaired) electrons. The molecule has 0 aliphatic heterocycles. The maximum absolute atomic E-state index is 5.49. The summed E-state index contributed by atoms with van der Waals surface area (Å²) in [4.78, 5) is 3.76. The Morgan fingerprint density at radius 1 is 1.22 bits per heavy atom. The summed E-state index contributed by atoms with van der Waals surface area (Å²) >= 11 is 0. The lowest BCUT2D eigenvalue weighted by Crippen LogP contribution is -2.27. The number of halogens is 1. The zero-order valence-electron chi connectivity index (χ0n) is 10.8. The van der Waals surface area contributed by atoms with Crippen molar-refractivity contribution in [1.29, 1.82) is 0 Å². The van der Waals surface area contributed by atoms with Crippen LogP contribution in [0.25, 0.3) is 6.08 Å². The van der Waals surface area contributed by atoms with Crippen molar-refractivity contribution in [3.05, 3.63) is 41.5 Å². The smallest absolute Gasteiger partial charge is 0.209 e. The molecular formula is C13H19ClN4. The summed E-state index contributed by atoms with van der Waals surface area (Å²) in [5, 5.41) is 4.13. The highest BCUT2D eigenvalue weighted by atomic mass is 35.5. The number of nitrogens with one attached hydrogen (secondary N) is 1. The molecule has 0 aromatic heterocycles. The zero-order chi connectivity index (χ0) is 12.7. The van der Waals surface area contributed by atoms with Crippen molar-refractivity contribution in [2.24, 2.45) is 15.8 Å². The summed E-state index contributed by atoms with van der Waals surface area (Å²) < 4.78 is 0. The lowest BCUT2D eigenvalue weighted by molar-refractivity contribution is 0.996. The molecule has 0 atom stereocenters. The maximum atomic E-state index is 5.49. The molecule has 98 valence electrons. The zero-order valence-corrected chi connectivity index (χ0v) is 11.7. The summed E-state index contributed by atoms with van der Waals surface area (Å²) in [6, 6.07) is 10.1. The second kappa shape index (κ2) is 8.31. The van der Waals surface area contributed by atoms with Gasteiger partial charge in [0.1, 0.15) is 0 Å². The molecule has 0 heterocycles. The van der Waals surface area contributed by atoms with Crippen LogP contribution in [0.5, 0.6) is 0 Å². The minimum absolute atomic E-state index is 0. The molecule has 3 N–H and O–H groups in total. The topological polar surface area (TPSA) is 62.8 Å². The normalized spacial score (nSPS) is 12.9. The van der Waals surface area contributed by atoms with E-state index >= 15 is 0 Å². The van der Waals surface area contributed by atoms with Crippen LogP contribution in [-0.4, -0.2) is 18.7 Å². The minimum Gasteiger partial charge on any atom is -0.369 e. The van der Waals surface area contributed by atoms with Crippen LogP contribution in [0.15, 0.2) is 46.0 Å². The van der Waals surface area contributed by atoms with Crippen molar-refractivity contribution in [3.63, 3.8) is 0 Å². The van der Waals surface area contributed by atoms with E-state index in [0.717, 1.165) is 16.8 Å². The van der Waals surface area contributed by atoms with E-state index in [1.54, 1.807) is 7.05 Å². The van der Waals surface area contributed by atoms with Crippen LogP contribution >= 0.6 is 12.4 Å². The van der Waals surface area contributed by atoms with Gasteiger partial charge in [-0.15, -0.1) is 12.4 Å². The monoisotopic (exact) mass is 266 g/mol. The van der Waals surface area contributed by atoms with Gasteiger partial charge in [-0.1, -0.05) is 36.4 Å². The Bertz CT molecular complexity index is 449. The van der Waals surface area contributed by atoms with Crippen molar-refractivity contribution in [2.45, 2.75) is 13.8 Å². The third-order valence-electron chi connectivity index (χ3n) is 2.33. The second-order valence-electron chi connectivity index (χ2n) is 3.66. The number of guanidine groups is 1. The molecule has 0 saturated heterocycles. The predicted molar refractivity (Wildman–Crippen MR) is 81.1 cm³/mol. The quantitative estimate of drug-likeness (QED) is 0.501. The number of hydrogen-bond donors (Lipinski definition) is 2. The third kappa shape index (κ3) is 5.50.